The van der Waals surface area contributed by atoms with Gasteiger partial charge in [-0.2, -0.15) is 5.10 Å². The third-order valence-corrected chi connectivity index (χ3v) is 5.05. The molecule has 3 rings (SSSR count). The van der Waals surface area contributed by atoms with Gasteiger partial charge >= 0.3 is 5.97 Å². The van der Waals surface area contributed by atoms with Crippen LogP contribution in [-0.2, 0) is 29.7 Å². The van der Waals surface area contributed by atoms with Crippen LogP contribution in [0.15, 0.2) is 30.3 Å². The third kappa shape index (κ3) is 4.31. The van der Waals surface area contributed by atoms with Gasteiger partial charge in [0.25, 0.3) is 0 Å². The first-order valence-electron chi connectivity index (χ1n) is 8.89. The summed E-state index contributed by atoms with van der Waals surface area (Å²) >= 11 is 5.47. The summed E-state index contributed by atoms with van der Waals surface area (Å²) in [7, 11) is 1.84. The number of esters is 1. The van der Waals surface area contributed by atoms with E-state index in [1.807, 2.05) is 13.1 Å². The topological polar surface area (TPSA) is 55.5 Å². The monoisotopic (exact) mass is 375 g/mol. The van der Waals surface area contributed by atoms with Crippen molar-refractivity contribution in [2.45, 2.75) is 20.0 Å². The van der Waals surface area contributed by atoms with Crippen LogP contribution in [0, 0.1) is 4.77 Å². The fourth-order valence-electron chi connectivity index (χ4n) is 3.10. The molecule has 7 nitrogen and oxygen atoms in total. The lowest BCUT2D eigenvalue weighted by molar-refractivity contribution is -0.142. The van der Waals surface area contributed by atoms with Crippen LogP contribution in [0.3, 0.4) is 0 Å². The SMILES string of the molecule is CCOC(=O)Cc1nn(CN2CCN(c3ccccc3)CC2)c(=S)n1C. The Bertz CT molecular complexity index is 794. The molecular formula is C18H25N5O2S. The summed E-state index contributed by atoms with van der Waals surface area (Å²) in [6.45, 7) is 6.64. The molecule has 0 aliphatic carbocycles. The molecule has 0 bridgehead atoms. The van der Waals surface area contributed by atoms with Crippen LogP contribution >= 0.6 is 12.2 Å². The van der Waals surface area contributed by atoms with Crippen molar-refractivity contribution < 1.29 is 9.53 Å². The number of rotatable bonds is 6. The minimum absolute atomic E-state index is 0.142. The summed E-state index contributed by atoms with van der Waals surface area (Å²) in [5.74, 6) is 0.357. The van der Waals surface area contributed by atoms with Gasteiger partial charge in [0.05, 0.1) is 13.3 Å². The van der Waals surface area contributed by atoms with Crippen molar-refractivity contribution in [3.8, 4) is 0 Å². The maximum absolute atomic E-state index is 11.7. The first-order chi connectivity index (χ1) is 12.6. The average molecular weight is 375 g/mol. The lowest BCUT2D eigenvalue weighted by atomic mass is 10.2. The van der Waals surface area contributed by atoms with E-state index in [0.717, 1.165) is 26.2 Å². The Labute approximate surface area is 158 Å². The van der Waals surface area contributed by atoms with E-state index in [1.165, 1.54) is 5.69 Å². The van der Waals surface area contributed by atoms with Gasteiger partial charge in [0.15, 0.2) is 4.77 Å². The lowest BCUT2D eigenvalue weighted by Gasteiger charge is -2.35. The number of nitrogens with zero attached hydrogens (tertiary/aromatic N) is 5. The van der Waals surface area contributed by atoms with Crippen molar-refractivity contribution in [2.75, 3.05) is 37.7 Å². The van der Waals surface area contributed by atoms with Gasteiger partial charge < -0.3 is 14.2 Å². The second-order valence-electron chi connectivity index (χ2n) is 6.32. The normalized spacial score (nSPS) is 15.2. The predicted octanol–water partition coefficient (Wildman–Crippen LogP) is 1.84. The number of ether oxygens (including phenoxy) is 1. The van der Waals surface area contributed by atoms with Crippen molar-refractivity contribution in [1.29, 1.82) is 0 Å². The molecule has 140 valence electrons. The van der Waals surface area contributed by atoms with Crippen LogP contribution in [0.4, 0.5) is 5.69 Å². The number of carbonyl (C=O) groups excluding carboxylic acids is 1. The van der Waals surface area contributed by atoms with Gasteiger partial charge in [0, 0.05) is 38.9 Å². The third-order valence-electron chi connectivity index (χ3n) is 4.57. The van der Waals surface area contributed by atoms with E-state index in [1.54, 1.807) is 16.2 Å². The molecule has 1 aliphatic rings. The molecule has 0 N–H and O–H groups in total. The second-order valence-corrected chi connectivity index (χ2v) is 6.69. The zero-order valence-electron chi connectivity index (χ0n) is 15.3. The van der Waals surface area contributed by atoms with Gasteiger partial charge in [-0.05, 0) is 31.3 Å². The molecule has 0 unspecified atom stereocenters. The molecule has 1 fully saturated rings. The Morgan fingerprint density at radius 2 is 1.88 bits per heavy atom. The summed E-state index contributed by atoms with van der Waals surface area (Å²) in [5.41, 5.74) is 1.26. The lowest BCUT2D eigenvalue weighted by Crippen LogP contribution is -2.47. The highest BCUT2D eigenvalue weighted by molar-refractivity contribution is 7.71. The number of aromatic nitrogens is 3. The number of hydrogen-bond donors (Lipinski definition) is 0. The Morgan fingerprint density at radius 3 is 2.54 bits per heavy atom. The first kappa shape index (κ1) is 18.6. The van der Waals surface area contributed by atoms with E-state index in [-0.39, 0.29) is 12.4 Å². The molecule has 0 spiro atoms. The number of carbonyl (C=O) groups is 1. The molecule has 0 saturated carbocycles. The van der Waals surface area contributed by atoms with Crippen LogP contribution in [-0.4, -0.2) is 58.0 Å². The molecule has 2 heterocycles. The second kappa shape index (κ2) is 8.46. The quantitative estimate of drug-likeness (QED) is 0.567. The van der Waals surface area contributed by atoms with Crippen LogP contribution in [0.25, 0.3) is 0 Å². The molecule has 0 atom stereocenters. The van der Waals surface area contributed by atoms with E-state index in [9.17, 15) is 4.79 Å². The van der Waals surface area contributed by atoms with Crippen molar-refractivity contribution in [1.82, 2.24) is 19.2 Å². The zero-order chi connectivity index (χ0) is 18.5. The number of para-hydroxylation sites is 1. The van der Waals surface area contributed by atoms with Crippen LogP contribution < -0.4 is 4.90 Å². The van der Waals surface area contributed by atoms with Crippen molar-refractivity contribution in [2.24, 2.45) is 7.05 Å². The Kier molecular flexibility index (Phi) is 6.05. The zero-order valence-corrected chi connectivity index (χ0v) is 16.1. The number of benzene rings is 1. The molecule has 0 amide bonds. The van der Waals surface area contributed by atoms with Crippen molar-refractivity contribution >= 4 is 23.9 Å². The largest absolute Gasteiger partial charge is 0.466 e. The fraction of sp³-hybridized carbons (Fsp3) is 0.500. The average Bonchev–Trinajstić information content (AvgIpc) is 2.91. The highest BCUT2D eigenvalue weighted by atomic mass is 32.1. The van der Waals surface area contributed by atoms with Gasteiger partial charge in [-0.3, -0.25) is 9.69 Å². The van der Waals surface area contributed by atoms with Crippen LogP contribution in [0.5, 0.6) is 0 Å². The summed E-state index contributed by atoms with van der Waals surface area (Å²) in [5, 5.41) is 4.52. The molecule has 8 heteroatoms. The molecule has 2 aromatic rings. The standard InChI is InChI=1S/C18H25N5O2S/c1-3-25-17(24)13-16-19-23(18(26)20(16)2)14-21-9-11-22(12-10-21)15-7-5-4-6-8-15/h4-8H,3,9-14H2,1-2H3. The number of anilines is 1. The Morgan fingerprint density at radius 1 is 1.19 bits per heavy atom. The van der Waals surface area contributed by atoms with Crippen molar-refractivity contribution in [3.63, 3.8) is 0 Å². The van der Waals surface area contributed by atoms with Gasteiger partial charge in [0.1, 0.15) is 12.2 Å². The maximum Gasteiger partial charge on any atom is 0.313 e. The molecule has 0 radical (unpaired) electrons. The molecule has 1 saturated heterocycles. The summed E-state index contributed by atoms with van der Waals surface area (Å²) in [4.78, 5) is 16.4. The van der Waals surface area contributed by atoms with E-state index >= 15 is 0 Å². The molecular weight excluding hydrogens is 350 g/mol. The highest BCUT2D eigenvalue weighted by Gasteiger charge is 2.19. The number of hydrogen-bond acceptors (Lipinski definition) is 6. The minimum atomic E-state index is -0.278. The fourth-order valence-corrected chi connectivity index (χ4v) is 3.30. The van der Waals surface area contributed by atoms with Crippen molar-refractivity contribution in [3.05, 3.63) is 40.9 Å². The molecule has 1 aromatic heterocycles. The summed E-state index contributed by atoms with van der Waals surface area (Å²) in [6.07, 6.45) is 0.142. The van der Waals surface area contributed by atoms with E-state index < -0.39 is 0 Å². The summed E-state index contributed by atoms with van der Waals surface area (Å²) < 4.78 is 9.20. The van der Waals surface area contributed by atoms with E-state index in [0.29, 0.717) is 23.9 Å². The van der Waals surface area contributed by atoms with Crippen LogP contribution in [0.2, 0.25) is 0 Å². The Balaban J connectivity index is 1.60. The minimum Gasteiger partial charge on any atom is -0.466 e. The highest BCUT2D eigenvalue weighted by Crippen LogP contribution is 2.16. The van der Waals surface area contributed by atoms with E-state index in [2.05, 4.69) is 39.2 Å². The first-order valence-corrected chi connectivity index (χ1v) is 9.30. The van der Waals surface area contributed by atoms with Gasteiger partial charge in [-0.15, -0.1) is 0 Å². The van der Waals surface area contributed by atoms with Crippen LogP contribution in [0.1, 0.15) is 12.7 Å². The van der Waals surface area contributed by atoms with Gasteiger partial charge in [-0.25, -0.2) is 4.68 Å². The molecule has 1 aromatic carbocycles. The predicted molar refractivity (Wildman–Crippen MR) is 103 cm³/mol. The summed E-state index contributed by atoms with van der Waals surface area (Å²) in [6, 6.07) is 10.5. The van der Waals surface area contributed by atoms with E-state index in [4.69, 9.17) is 17.0 Å². The van der Waals surface area contributed by atoms with Gasteiger partial charge in [-0.1, -0.05) is 18.2 Å². The molecule has 1 aliphatic heterocycles. The smallest absolute Gasteiger partial charge is 0.313 e. The maximum atomic E-state index is 11.7. The molecule has 26 heavy (non-hydrogen) atoms. The van der Waals surface area contributed by atoms with Gasteiger partial charge in [0.2, 0.25) is 0 Å². The Hall–Kier alpha value is -2.19. The number of piperazine rings is 1.